The van der Waals surface area contributed by atoms with Crippen molar-refractivity contribution < 1.29 is 14.8 Å². The summed E-state index contributed by atoms with van der Waals surface area (Å²) in [5, 5.41) is 18.9. The van der Waals surface area contributed by atoms with E-state index >= 15 is 0 Å². The second kappa shape index (κ2) is 7.15. The van der Waals surface area contributed by atoms with Gasteiger partial charge in [-0.2, -0.15) is 0 Å². The van der Waals surface area contributed by atoms with Gasteiger partial charge in [-0.3, -0.25) is 0 Å². The summed E-state index contributed by atoms with van der Waals surface area (Å²) in [6.45, 7) is 3.66. The van der Waals surface area contributed by atoms with Gasteiger partial charge in [0.25, 0.3) is 0 Å². The zero-order chi connectivity index (χ0) is 15.2. The van der Waals surface area contributed by atoms with E-state index in [2.05, 4.69) is 24.0 Å². The molecule has 2 aromatic rings. The maximum Gasteiger partial charge on any atom is 0.492 e. The van der Waals surface area contributed by atoms with Crippen LogP contribution in [-0.2, 0) is 6.54 Å². The van der Waals surface area contributed by atoms with E-state index in [1.807, 2.05) is 24.3 Å². The molecule has 0 bridgehead atoms. The lowest BCUT2D eigenvalue weighted by atomic mass is 9.78. The van der Waals surface area contributed by atoms with Crippen LogP contribution in [0.5, 0.6) is 5.75 Å². The Kier molecular flexibility index (Phi) is 5.25. The van der Waals surface area contributed by atoms with Gasteiger partial charge in [0, 0.05) is 24.2 Å². The molecular weight excluding hydrogens is 265 g/mol. The summed E-state index contributed by atoms with van der Waals surface area (Å²) in [7, 11) is -0.0184. The van der Waals surface area contributed by atoms with Crippen molar-refractivity contribution in [1.82, 2.24) is 0 Å². The van der Waals surface area contributed by atoms with E-state index in [0.29, 0.717) is 17.8 Å². The zero-order valence-electron chi connectivity index (χ0n) is 12.4. The van der Waals surface area contributed by atoms with E-state index in [1.54, 1.807) is 12.1 Å². The van der Waals surface area contributed by atoms with Gasteiger partial charge in [0.05, 0.1) is 7.11 Å². The first-order valence-electron chi connectivity index (χ1n) is 6.98. The molecule has 110 valence electrons. The normalized spacial score (nSPS) is 10.3. The standard InChI is InChI=1S/C16H20BNO3/c1-3-18(14-7-5-4-6-8-14)12-13-9-10-16(21-2)15(11-13)17(19)20/h4-11,19-20H,3,12H2,1-2H3. The first-order chi connectivity index (χ1) is 10.2. The van der Waals surface area contributed by atoms with E-state index < -0.39 is 7.12 Å². The molecule has 0 saturated heterocycles. The quantitative estimate of drug-likeness (QED) is 0.788. The second-order valence-corrected chi connectivity index (χ2v) is 4.80. The van der Waals surface area contributed by atoms with Crippen molar-refractivity contribution in [3.05, 3.63) is 54.1 Å². The van der Waals surface area contributed by atoms with Gasteiger partial charge in [0.2, 0.25) is 0 Å². The molecule has 4 nitrogen and oxygen atoms in total. The van der Waals surface area contributed by atoms with Crippen LogP contribution in [0.4, 0.5) is 5.69 Å². The minimum absolute atomic E-state index is 0.388. The van der Waals surface area contributed by atoms with Crippen molar-refractivity contribution in [1.29, 1.82) is 0 Å². The summed E-state index contributed by atoms with van der Waals surface area (Å²) >= 11 is 0. The molecule has 0 aromatic heterocycles. The number of hydrogen-bond acceptors (Lipinski definition) is 4. The average molecular weight is 285 g/mol. The Morgan fingerprint density at radius 1 is 1.10 bits per heavy atom. The van der Waals surface area contributed by atoms with E-state index in [9.17, 15) is 10.0 Å². The molecule has 21 heavy (non-hydrogen) atoms. The highest BCUT2D eigenvalue weighted by Crippen LogP contribution is 2.17. The molecule has 2 aromatic carbocycles. The van der Waals surface area contributed by atoms with Gasteiger partial charge in [-0.15, -0.1) is 0 Å². The van der Waals surface area contributed by atoms with Crippen LogP contribution < -0.4 is 15.1 Å². The molecule has 2 N–H and O–H groups in total. The number of benzene rings is 2. The summed E-state index contributed by atoms with van der Waals surface area (Å²) < 4.78 is 5.14. The number of ether oxygens (including phenoxy) is 1. The van der Waals surface area contributed by atoms with Gasteiger partial charge < -0.3 is 19.7 Å². The lowest BCUT2D eigenvalue weighted by Gasteiger charge is -2.23. The number of nitrogens with zero attached hydrogens (tertiary/aromatic N) is 1. The van der Waals surface area contributed by atoms with Crippen molar-refractivity contribution in [3.63, 3.8) is 0 Å². The van der Waals surface area contributed by atoms with Crippen molar-refractivity contribution in [2.24, 2.45) is 0 Å². The Morgan fingerprint density at radius 2 is 1.81 bits per heavy atom. The molecule has 2 rings (SSSR count). The van der Waals surface area contributed by atoms with Crippen LogP contribution >= 0.6 is 0 Å². The minimum Gasteiger partial charge on any atom is -0.497 e. The summed E-state index contributed by atoms with van der Waals surface area (Å²) in [5.41, 5.74) is 2.53. The van der Waals surface area contributed by atoms with Crippen LogP contribution in [0, 0.1) is 0 Å². The fourth-order valence-corrected chi connectivity index (χ4v) is 2.33. The lowest BCUT2D eigenvalue weighted by Crippen LogP contribution is -2.32. The number of anilines is 1. The Hall–Kier alpha value is -1.98. The van der Waals surface area contributed by atoms with Gasteiger partial charge in [0.1, 0.15) is 5.75 Å². The summed E-state index contributed by atoms with van der Waals surface area (Å²) in [5.74, 6) is 0.483. The molecule has 5 heteroatoms. The molecule has 0 atom stereocenters. The molecule has 0 radical (unpaired) electrons. The van der Waals surface area contributed by atoms with E-state index in [0.717, 1.165) is 17.8 Å². The van der Waals surface area contributed by atoms with E-state index in [-0.39, 0.29) is 0 Å². The molecule has 0 spiro atoms. The van der Waals surface area contributed by atoms with Crippen molar-refractivity contribution in [2.45, 2.75) is 13.5 Å². The molecule has 0 aliphatic carbocycles. The van der Waals surface area contributed by atoms with Crippen LogP contribution in [0.25, 0.3) is 0 Å². The topological polar surface area (TPSA) is 52.9 Å². The Bertz CT molecular complexity index is 575. The third kappa shape index (κ3) is 3.77. The van der Waals surface area contributed by atoms with Crippen molar-refractivity contribution in [2.75, 3.05) is 18.6 Å². The highest BCUT2D eigenvalue weighted by atomic mass is 16.5. The molecule has 0 aliphatic rings. The number of para-hydroxylation sites is 1. The van der Waals surface area contributed by atoms with Gasteiger partial charge >= 0.3 is 7.12 Å². The van der Waals surface area contributed by atoms with Gasteiger partial charge in [0.15, 0.2) is 0 Å². The molecule has 0 amide bonds. The Balaban J connectivity index is 2.24. The van der Waals surface area contributed by atoms with Crippen molar-refractivity contribution >= 4 is 18.3 Å². The molecule has 0 saturated carbocycles. The molecule has 0 heterocycles. The van der Waals surface area contributed by atoms with Crippen LogP contribution in [0.15, 0.2) is 48.5 Å². The fraction of sp³-hybridized carbons (Fsp3) is 0.250. The van der Waals surface area contributed by atoms with Crippen LogP contribution in [0.1, 0.15) is 12.5 Å². The van der Waals surface area contributed by atoms with Crippen LogP contribution in [0.3, 0.4) is 0 Å². The third-order valence-electron chi connectivity index (χ3n) is 3.45. The highest BCUT2D eigenvalue weighted by Gasteiger charge is 2.18. The zero-order valence-corrected chi connectivity index (χ0v) is 12.4. The molecule has 0 unspecified atom stereocenters. The number of hydrogen-bond donors (Lipinski definition) is 2. The maximum atomic E-state index is 9.43. The number of rotatable bonds is 6. The monoisotopic (exact) mass is 285 g/mol. The molecule has 0 aliphatic heterocycles. The van der Waals surface area contributed by atoms with E-state index in [4.69, 9.17) is 4.74 Å². The highest BCUT2D eigenvalue weighted by molar-refractivity contribution is 6.59. The number of methoxy groups -OCH3 is 1. The largest absolute Gasteiger partial charge is 0.497 e. The average Bonchev–Trinajstić information content (AvgIpc) is 2.53. The second-order valence-electron chi connectivity index (χ2n) is 4.80. The maximum absolute atomic E-state index is 9.43. The SMILES string of the molecule is CCN(Cc1ccc(OC)c(B(O)O)c1)c1ccccc1. The van der Waals surface area contributed by atoms with Crippen LogP contribution in [-0.4, -0.2) is 30.8 Å². The minimum atomic E-state index is -1.54. The summed E-state index contributed by atoms with van der Waals surface area (Å²) in [4.78, 5) is 2.22. The fourth-order valence-electron chi connectivity index (χ4n) is 2.33. The smallest absolute Gasteiger partial charge is 0.492 e. The molecular formula is C16H20BNO3. The summed E-state index contributed by atoms with van der Waals surface area (Å²) in [6, 6.07) is 15.6. The lowest BCUT2D eigenvalue weighted by molar-refractivity contribution is 0.403. The first-order valence-corrected chi connectivity index (χ1v) is 6.98. The Labute approximate surface area is 125 Å². The first kappa shape index (κ1) is 15.4. The van der Waals surface area contributed by atoms with Crippen LogP contribution in [0.2, 0.25) is 0 Å². The van der Waals surface area contributed by atoms with Gasteiger partial charge in [-0.1, -0.05) is 30.3 Å². The van der Waals surface area contributed by atoms with Gasteiger partial charge in [-0.05, 0) is 30.7 Å². The summed E-state index contributed by atoms with van der Waals surface area (Å²) in [6.07, 6.45) is 0. The van der Waals surface area contributed by atoms with E-state index in [1.165, 1.54) is 7.11 Å². The van der Waals surface area contributed by atoms with Gasteiger partial charge in [-0.25, -0.2) is 0 Å². The Morgan fingerprint density at radius 3 is 2.38 bits per heavy atom. The molecule has 0 fully saturated rings. The predicted octanol–water partition coefficient (Wildman–Crippen LogP) is 1.40. The van der Waals surface area contributed by atoms with Crippen molar-refractivity contribution in [3.8, 4) is 5.75 Å². The predicted molar refractivity (Wildman–Crippen MR) is 86.0 cm³/mol. The third-order valence-corrected chi connectivity index (χ3v) is 3.45.